The first-order valence-corrected chi connectivity index (χ1v) is 11.3. The second-order valence-electron chi connectivity index (χ2n) is 8.39. The van der Waals surface area contributed by atoms with Crippen LogP contribution in [-0.4, -0.2) is 34.5 Å². The molecular weight excluding hydrogens is 430 g/mol. The maximum Gasteiger partial charge on any atom is 0.328 e. The van der Waals surface area contributed by atoms with Gasteiger partial charge in [0.25, 0.3) is 0 Å². The summed E-state index contributed by atoms with van der Waals surface area (Å²) < 4.78 is 14.2. The quantitative estimate of drug-likeness (QED) is 0.354. The first-order valence-electron chi connectivity index (χ1n) is 11.3. The van der Waals surface area contributed by atoms with Crippen molar-refractivity contribution >= 4 is 11.0 Å². The van der Waals surface area contributed by atoms with Gasteiger partial charge in [-0.3, -0.25) is 9.13 Å². The van der Waals surface area contributed by atoms with Gasteiger partial charge in [-0.1, -0.05) is 30.3 Å². The fraction of sp³-hybridized carbons (Fsp3) is 0.296. The number of methoxy groups -OCH3 is 1. The van der Waals surface area contributed by atoms with Crippen LogP contribution in [-0.2, 0) is 27.1 Å². The van der Waals surface area contributed by atoms with Gasteiger partial charge in [0.15, 0.2) is 0 Å². The molecule has 1 heterocycles. The lowest BCUT2D eigenvalue weighted by atomic mass is 10.1. The number of fused-ring (bicyclic) bond motifs is 1. The summed E-state index contributed by atoms with van der Waals surface area (Å²) in [5.74, 6) is 1.57. The Morgan fingerprint density at radius 2 is 1.53 bits per heavy atom. The van der Waals surface area contributed by atoms with Crippen molar-refractivity contribution in [3.05, 3.63) is 93.9 Å². The number of benzene rings is 3. The molecule has 178 valence electrons. The van der Waals surface area contributed by atoms with Crippen LogP contribution in [0, 0.1) is 0 Å². The van der Waals surface area contributed by atoms with Crippen molar-refractivity contribution in [1.29, 1.82) is 0 Å². The molecule has 0 aliphatic rings. The number of aryl methyl sites for hydroxylation is 2. The maximum atomic E-state index is 12.1. The van der Waals surface area contributed by atoms with Crippen molar-refractivity contribution in [2.24, 2.45) is 14.1 Å². The highest BCUT2D eigenvalue weighted by Gasteiger charge is 2.13. The van der Waals surface area contributed by atoms with Crippen molar-refractivity contribution in [2.75, 3.05) is 20.3 Å². The van der Waals surface area contributed by atoms with Crippen LogP contribution in [0.5, 0.6) is 11.5 Å². The third-order valence-corrected chi connectivity index (χ3v) is 6.09. The molecule has 0 aliphatic heterocycles. The van der Waals surface area contributed by atoms with Crippen molar-refractivity contribution in [1.82, 2.24) is 14.5 Å². The number of nitrogens with one attached hydrogen (secondary N) is 1. The zero-order valence-electron chi connectivity index (χ0n) is 19.8. The molecule has 0 fully saturated rings. The molecule has 34 heavy (non-hydrogen) atoms. The van der Waals surface area contributed by atoms with E-state index in [9.17, 15) is 9.90 Å². The van der Waals surface area contributed by atoms with Crippen LogP contribution in [0.15, 0.2) is 71.5 Å². The van der Waals surface area contributed by atoms with Crippen molar-refractivity contribution in [3.8, 4) is 11.5 Å². The number of rotatable bonds is 10. The molecule has 4 aromatic rings. The molecule has 1 atom stereocenters. The van der Waals surface area contributed by atoms with Crippen molar-refractivity contribution in [3.63, 3.8) is 0 Å². The lowest BCUT2D eigenvalue weighted by Gasteiger charge is -2.14. The minimum atomic E-state index is -0.793. The fourth-order valence-corrected chi connectivity index (χ4v) is 3.96. The largest absolute Gasteiger partial charge is 0.497 e. The normalized spacial score (nSPS) is 12.1. The maximum absolute atomic E-state index is 12.1. The molecule has 4 rings (SSSR count). The van der Waals surface area contributed by atoms with E-state index in [0.29, 0.717) is 11.3 Å². The number of ether oxygens (including phenoxy) is 2. The molecule has 2 N–H and O–H groups in total. The second kappa shape index (κ2) is 10.6. The first-order chi connectivity index (χ1) is 16.5. The average molecular weight is 462 g/mol. The van der Waals surface area contributed by atoms with E-state index in [1.54, 1.807) is 30.3 Å². The molecule has 0 radical (unpaired) electrons. The molecule has 1 aromatic heterocycles. The predicted octanol–water partition coefficient (Wildman–Crippen LogP) is 3.33. The van der Waals surface area contributed by atoms with Gasteiger partial charge in [0.05, 0.1) is 18.1 Å². The Morgan fingerprint density at radius 1 is 0.882 bits per heavy atom. The molecule has 0 bridgehead atoms. The van der Waals surface area contributed by atoms with Crippen LogP contribution < -0.4 is 20.5 Å². The molecule has 0 spiro atoms. The monoisotopic (exact) mass is 461 g/mol. The van der Waals surface area contributed by atoms with Crippen LogP contribution >= 0.6 is 0 Å². The lowest BCUT2D eigenvalue weighted by Crippen LogP contribution is -2.19. The van der Waals surface area contributed by atoms with Crippen LogP contribution in [0.1, 0.15) is 22.8 Å². The van der Waals surface area contributed by atoms with Crippen LogP contribution in [0.3, 0.4) is 0 Å². The summed E-state index contributed by atoms with van der Waals surface area (Å²) in [5, 5.41) is 14.0. The van der Waals surface area contributed by atoms with E-state index in [4.69, 9.17) is 9.47 Å². The zero-order chi connectivity index (χ0) is 24.1. The van der Waals surface area contributed by atoms with Gasteiger partial charge in [0.2, 0.25) is 0 Å². The van der Waals surface area contributed by atoms with Gasteiger partial charge in [0, 0.05) is 20.6 Å². The third-order valence-electron chi connectivity index (χ3n) is 6.09. The van der Waals surface area contributed by atoms with Crippen molar-refractivity contribution in [2.45, 2.75) is 19.1 Å². The van der Waals surface area contributed by atoms with E-state index < -0.39 is 6.10 Å². The highest BCUT2D eigenvalue weighted by atomic mass is 16.5. The molecule has 7 heteroatoms. The lowest BCUT2D eigenvalue weighted by molar-refractivity contribution is 0.108. The molecular formula is C27H31N3O4. The van der Waals surface area contributed by atoms with Crippen molar-refractivity contribution < 1.29 is 14.6 Å². The Balaban J connectivity index is 1.25. The molecule has 0 saturated heterocycles. The van der Waals surface area contributed by atoms with Crippen LogP contribution in [0.25, 0.3) is 11.0 Å². The molecule has 3 aromatic carbocycles. The summed E-state index contributed by atoms with van der Waals surface area (Å²) in [6, 6.07) is 21.5. The SMILES string of the molecule is COc1ccc(CCNCc2ccc(OC[C@@H](O)c3ccc4c(c3)n(C)c(=O)n4C)cc2)cc1. The van der Waals surface area contributed by atoms with Gasteiger partial charge in [0.1, 0.15) is 24.2 Å². The number of nitrogens with zero attached hydrogens (tertiary/aromatic N) is 2. The van der Waals surface area contributed by atoms with Gasteiger partial charge < -0.3 is 19.9 Å². The Kier molecular flexibility index (Phi) is 7.35. The molecule has 0 saturated carbocycles. The van der Waals surface area contributed by atoms with E-state index in [1.807, 2.05) is 54.6 Å². The zero-order valence-corrected chi connectivity index (χ0v) is 19.8. The van der Waals surface area contributed by atoms with E-state index in [-0.39, 0.29) is 12.3 Å². The minimum Gasteiger partial charge on any atom is -0.497 e. The van der Waals surface area contributed by atoms with Crippen LogP contribution in [0.4, 0.5) is 0 Å². The number of aliphatic hydroxyl groups excluding tert-OH is 1. The third kappa shape index (κ3) is 5.32. The number of hydrogen-bond acceptors (Lipinski definition) is 5. The highest BCUT2D eigenvalue weighted by molar-refractivity contribution is 5.77. The van der Waals surface area contributed by atoms with Gasteiger partial charge >= 0.3 is 5.69 Å². The molecule has 7 nitrogen and oxygen atoms in total. The summed E-state index contributed by atoms with van der Waals surface area (Å²) in [4.78, 5) is 12.1. The predicted molar refractivity (Wildman–Crippen MR) is 133 cm³/mol. The number of aliphatic hydroxyl groups is 1. The minimum absolute atomic E-state index is 0.0896. The number of aromatic nitrogens is 2. The van der Waals surface area contributed by atoms with E-state index in [0.717, 1.165) is 41.9 Å². The summed E-state index contributed by atoms with van der Waals surface area (Å²) in [7, 11) is 5.14. The van der Waals surface area contributed by atoms with E-state index >= 15 is 0 Å². The average Bonchev–Trinajstić information content (AvgIpc) is 3.09. The van der Waals surface area contributed by atoms with Gasteiger partial charge in [-0.2, -0.15) is 0 Å². The highest BCUT2D eigenvalue weighted by Crippen LogP contribution is 2.21. The Hall–Kier alpha value is -3.55. The summed E-state index contributed by atoms with van der Waals surface area (Å²) in [5.41, 5.74) is 4.67. The van der Waals surface area contributed by atoms with E-state index in [1.165, 1.54) is 5.56 Å². The first kappa shape index (κ1) is 23.6. The van der Waals surface area contributed by atoms with Crippen LogP contribution in [0.2, 0.25) is 0 Å². The smallest absolute Gasteiger partial charge is 0.328 e. The van der Waals surface area contributed by atoms with E-state index in [2.05, 4.69) is 17.4 Å². The summed E-state index contributed by atoms with van der Waals surface area (Å²) in [6.07, 6.45) is 0.158. The Labute approximate surface area is 199 Å². The molecule has 0 aliphatic carbocycles. The summed E-state index contributed by atoms with van der Waals surface area (Å²) >= 11 is 0. The summed E-state index contributed by atoms with van der Waals surface area (Å²) in [6.45, 7) is 1.79. The fourth-order valence-electron chi connectivity index (χ4n) is 3.96. The van der Waals surface area contributed by atoms with Gasteiger partial charge in [-0.05, 0) is 66.1 Å². The molecule has 0 amide bonds. The van der Waals surface area contributed by atoms with Gasteiger partial charge in [-0.15, -0.1) is 0 Å². The topological polar surface area (TPSA) is 77.7 Å². The number of hydrogen-bond donors (Lipinski definition) is 2. The second-order valence-corrected chi connectivity index (χ2v) is 8.39. The Bertz CT molecular complexity index is 1290. The standard InChI is InChI=1S/C27H31N3O4/c1-29-24-13-8-21(16-25(24)30(2)27(29)32)26(31)18-34-23-11-6-20(7-12-23)17-28-15-14-19-4-9-22(33-3)10-5-19/h4-13,16,26,28,31H,14-15,17-18H2,1-3H3/t26-/m1/s1. The number of imidazole rings is 1. The van der Waals surface area contributed by atoms with Gasteiger partial charge in [-0.25, -0.2) is 4.79 Å². The Morgan fingerprint density at radius 3 is 2.24 bits per heavy atom. The molecule has 0 unspecified atom stereocenters.